The maximum absolute atomic E-state index is 12.4. The van der Waals surface area contributed by atoms with Gasteiger partial charge in [-0.1, -0.05) is 31.2 Å². The van der Waals surface area contributed by atoms with E-state index in [1.54, 1.807) is 18.2 Å². The molecule has 0 aliphatic carbocycles. The van der Waals surface area contributed by atoms with E-state index in [-0.39, 0.29) is 5.91 Å². The summed E-state index contributed by atoms with van der Waals surface area (Å²) in [5, 5.41) is 13.9. The van der Waals surface area contributed by atoms with Crippen LogP contribution in [0.5, 0.6) is 0 Å². The van der Waals surface area contributed by atoms with Gasteiger partial charge in [0.05, 0.1) is 0 Å². The van der Waals surface area contributed by atoms with Crippen molar-refractivity contribution in [2.24, 2.45) is 0 Å². The zero-order valence-electron chi connectivity index (χ0n) is 13.7. The number of amides is 2. The maximum Gasteiger partial charge on any atom is 0.328 e. The summed E-state index contributed by atoms with van der Waals surface area (Å²) >= 11 is 0. The lowest BCUT2D eigenvalue weighted by atomic mass is 10.1. The third-order valence-corrected chi connectivity index (χ3v) is 3.42. The summed E-state index contributed by atoms with van der Waals surface area (Å²) in [4.78, 5) is 34.4. The average Bonchev–Trinajstić information content (AvgIpc) is 2.60. The summed E-state index contributed by atoms with van der Waals surface area (Å²) in [5.74, 6) is -2.09. The van der Waals surface area contributed by atoms with Gasteiger partial charge in [0.25, 0.3) is 5.91 Å². The molecular weight excluding hydrogens is 320 g/mol. The molecule has 0 aliphatic heterocycles. The lowest BCUT2D eigenvalue weighted by Gasteiger charge is -2.10. The first-order chi connectivity index (χ1) is 12.0. The molecule has 2 amide bonds. The van der Waals surface area contributed by atoms with Gasteiger partial charge < -0.3 is 15.7 Å². The van der Waals surface area contributed by atoms with Gasteiger partial charge in [-0.25, -0.2) is 4.79 Å². The largest absolute Gasteiger partial charge is 0.478 e. The van der Waals surface area contributed by atoms with Crippen molar-refractivity contribution < 1.29 is 19.5 Å². The van der Waals surface area contributed by atoms with E-state index in [0.717, 1.165) is 29.8 Å². The molecule has 25 heavy (non-hydrogen) atoms. The molecule has 0 aliphatic rings. The summed E-state index contributed by atoms with van der Waals surface area (Å²) < 4.78 is 0. The quantitative estimate of drug-likeness (QED) is 0.705. The van der Waals surface area contributed by atoms with Crippen molar-refractivity contribution in [3.63, 3.8) is 0 Å². The lowest BCUT2D eigenvalue weighted by Crippen LogP contribution is -2.14. The highest BCUT2D eigenvalue weighted by atomic mass is 16.4. The minimum atomic E-state index is -1.21. The summed E-state index contributed by atoms with van der Waals surface area (Å²) in [7, 11) is 0. The van der Waals surface area contributed by atoms with Crippen LogP contribution in [-0.4, -0.2) is 22.9 Å². The fourth-order valence-electron chi connectivity index (χ4n) is 2.21. The molecule has 0 radical (unpaired) electrons. The van der Waals surface area contributed by atoms with E-state index >= 15 is 0 Å². The van der Waals surface area contributed by atoms with Gasteiger partial charge in [0, 0.05) is 29.1 Å². The molecule has 0 saturated heterocycles. The van der Waals surface area contributed by atoms with Crippen LogP contribution in [-0.2, 0) is 16.0 Å². The molecule has 2 rings (SSSR count). The van der Waals surface area contributed by atoms with Crippen molar-refractivity contribution in [2.45, 2.75) is 13.3 Å². The Bertz CT molecular complexity index is 828. The summed E-state index contributed by atoms with van der Waals surface area (Å²) in [6, 6.07) is 13.9. The van der Waals surface area contributed by atoms with Crippen molar-refractivity contribution >= 4 is 29.2 Å². The van der Waals surface area contributed by atoms with Crippen LogP contribution >= 0.6 is 0 Å². The zero-order chi connectivity index (χ0) is 18.2. The number of aliphatic carboxylic acids is 1. The molecule has 6 heteroatoms. The lowest BCUT2D eigenvalue weighted by molar-refractivity contribution is -0.131. The molecule has 0 spiro atoms. The van der Waals surface area contributed by atoms with Crippen LogP contribution in [0.3, 0.4) is 0 Å². The van der Waals surface area contributed by atoms with Crippen molar-refractivity contribution in [3.8, 4) is 0 Å². The number of anilines is 2. The molecule has 0 saturated carbocycles. The number of carbonyl (C=O) groups excluding carboxylic acids is 2. The van der Waals surface area contributed by atoms with E-state index in [1.165, 1.54) is 6.07 Å². The molecule has 0 unspecified atom stereocenters. The SMILES string of the molecule is CCc1ccccc1NC(=O)c1cccc(NC(=O)C=CC(=O)O)c1. The molecule has 3 N–H and O–H groups in total. The van der Waals surface area contributed by atoms with Crippen LogP contribution in [0, 0.1) is 0 Å². The molecule has 0 aromatic heterocycles. The number of nitrogens with one attached hydrogen (secondary N) is 2. The minimum Gasteiger partial charge on any atom is -0.478 e. The van der Waals surface area contributed by atoms with E-state index in [1.807, 2.05) is 31.2 Å². The van der Waals surface area contributed by atoms with Crippen molar-refractivity contribution in [3.05, 3.63) is 71.8 Å². The number of carboxylic acids is 1. The first-order valence-electron chi connectivity index (χ1n) is 7.71. The van der Waals surface area contributed by atoms with Crippen LogP contribution in [0.15, 0.2) is 60.7 Å². The van der Waals surface area contributed by atoms with E-state index < -0.39 is 11.9 Å². The zero-order valence-corrected chi connectivity index (χ0v) is 13.7. The van der Waals surface area contributed by atoms with Crippen molar-refractivity contribution in [1.82, 2.24) is 0 Å². The minimum absolute atomic E-state index is 0.293. The number of carbonyl (C=O) groups is 3. The Morgan fingerprint density at radius 2 is 1.76 bits per heavy atom. The van der Waals surface area contributed by atoms with Gasteiger partial charge in [-0.2, -0.15) is 0 Å². The second-order valence-electron chi connectivity index (χ2n) is 5.21. The molecule has 0 heterocycles. The standard InChI is InChI=1S/C19H18N2O4/c1-2-13-6-3-4-9-16(13)21-19(25)14-7-5-8-15(12-14)20-17(22)10-11-18(23)24/h3-12H,2H2,1H3,(H,20,22)(H,21,25)(H,23,24). The van der Waals surface area contributed by atoms with E-state index in [4.69, 9.17) is 5.11 Å². The summed E-state index contributed by atoms with van der Waals surface area (Å²) in [6.07, 6.45) is 2.45. The van der Waals surface area contributed by atoms with Gasteiger partial charge in [0.15, 0.2) is 0 Å². The number of aryl methyl sites for hydroxylation is 1. The molecule has 2 aromatic carbocycles. The predicted molar refractivity (Wildman–Crippen MR) is 95.6 cm³/mol. The highest BCUT2D eigenvalue weighted by Gasteiger charge is 2.09. The van der Waals surface area contributed by atoms with Gasteiger partial charge in [0.2, 0.25) is 5.91 Å². The average molecular weight is 338 g/mol. The highest BCUT2D eigenvalue weighted by molar-refractivity contribution is 6.06. The Balaban J connectivity index is 2.11. The van der Waals surface area contributed by atoms with Gasteiger partial charge in [0.1, 0.15) is 0 Å². The smallest absolute Gasteiger partial charge is 0.328 e. The van der Waals surface area contributed by atoms with Gasteiger partial charge in [-0.3, -0.25) is 9.59 Å². The van der Waals surface area contributed by atoms with Crippen LogP contribution in [0.2, 0.25) is 0 Å². The number of benzene rings is 2. The normalized spacial score (nSPS) is 10.4. The van der Waals surface area contributed by atoms with E-state index in [2.05, 4.69) is 10.6 Å². The highest BCUT2D eigenvalue weighted by Crippen LogP contribution is 2.18. The van der Waals surface area contributed by atoms with Crippen LogP contribution < -0.4 is 10.6 Å². The van der Waals surface area contributed by atoms with Crippen LogP contribution in [0.4, 0.5) is 11.4 Å². The Morgan fingerprint density at radius 3 is 2.48 bits per heavy atom. The Hall–Kier alpha value is -3.41. The van der Waals surface area contributed by atoms with Gasteiger partial charge >= 0.3 is 5.97 Å². The molecule has 0 atom stereocenters. The van der Waals surface area contributed by atoms with Gasteiger partial charge in [-0.15, -0.1) is 0 Å². The monoisotopic (exact) mass is 338 g/mol. The maximum atomic E-state index is 12.4. The Kier molecular flexibility index (Phi) is 6.06. The van der Waals surface area contributed by atoms with E-state index in [0.29, 0.717) is 11.3 Å². The summed E-state index contributed by atoms with van der Waals surface area (Å²) in [6.45, 7) is 2.01. The molecule has 0 fully saturated rings. The molecule has 6 nitrogen and oxygen atoms in total. The molecule has 2 aromatic rings. The summed E-state index contributed by atoms with van der Waals surface area (Å²) in [5.41, 5.74) is 2.55. The topological polar surface area (TPSA) is 95.5 Å². The van der Waals surface area contributed by atoms with Crippen LogP contribution in [0.1, 0.15) is 22.8 Å². The van der Waals surface area contributed by atoms with Crippen molar-refractivity contribution in [2.75, 3.05) is 10.6 Å². The first-order valence-corrected chi connectivity index (χ1v) is 7.71. The third kappa shape index (κ3) is 5.31. The Labute approximate surface area is 145 Å². The fraction of sp³-hybridized carbons (Fsp3) is 0.105. The second kappa shape index (κ2) is 8.44. The third-order valence-electron chi connectivity index (χ3n) is 3.42. The fourth-order valence-corrected chi connectivity index (χ4v) is 2.21. The molecule has 128 valence electrons. The number of hydrogen-bond acceptors (Lipinski definition) is 3. The molecular formula is C19H18N2O4. The Morgan fingerprint density at radius 1 is 1.00 bits per heavy atom. The van der Waals surface area contributed by atoms with Crippen LogP contribution in [0.25, 0.3) is 0 Å². The number of hydrogen-bond donors (Lipinski definition) is 3. The second-order valence-corrected chi connectivity index (χ2v) is 5.21. The number of carboxylic acid groups (broad SMARTS) is 1. The van der Waals surface area contributed by atoms with Crippen molar-refractivity contribution in [1.29, 1.82) is 0 Å². The number of para-hydroxylation sites is 1. The number of rotatable bonds is 6. The van der Waals surface area contributed by atoms with E-state index in [9.17, 15) is 14.4 Å². The van der Waals surface area contributed by atoms with Gasteiger partial charge in [-0.05, 0) is 36.2 Å². The first kappa shape index (κ1) is 17.9. The molecule has 0 bridgehead atoms. The predicted octanol–water partition coefficient (Wildman–Crippen LogP) is 3.08.